The van der Waals surface area contributed by atoms with Crippen LogP contribution in [0.25, 0.3) is 0 Å². The summed E-state index contributed by atoms with van der Waals surface area (Å²) in [5, 5.41) is 8.33. The number of alkyl halides is 3. The first-order chi connectivity index (χ1) is 4.54. The standard InChI is InChI=1S/C5H12O.CHCl3/c1-3-5(2)4-6;2-1(3)4/h5-6H,3-4H2,1-2H3;1H. The van der Waals surface area contributed by atoms with Gasteiger partial charge in [-0.1, -0.05) is 55.1 Å². The van der Waals surface area contributed by atoms with E-state index in [2.05, 4.69) is 6.92 Å². The lowest BCUT2D eigenvalue weighted by Gasteiger charge is -1.98. The van der Waals surface area contributed by atoms with Crippen LogP contribution < -0.4 is 0 Å². The molecule has 1 atom stereocenters. The predicted octanol–water partition coefficient (Wildman–Crippen LogP) is 3.01. The van der Waals surface area contributed by atoms with Crippen LogP contribution >= 0.6 is 34.8 Å². The summed E-state index contributed by atoms with van der Waals surface area (Å²) in [5.41, 5.74) is 0. The van der Waals surface area contributed by atoms with Crippen LogP contribution in [0.1, 0.15) is 20.3 Å². The van der Waals surface area contributed by atoms with Crippen LogP contribution in [0.15, 0.2) is 0 Å². The van der Waals surface area contributed by atoms with Gasteiger partial charge < -0.3 is 5.11 Å². The first-order valence-electron chi connectivity index (χ1n) is 3.07. The molecule has 0 aliphatic carbocycles. The summed E-state index contributed by atoms with van der Waals surface area (Å²) in [6.07, 6.45) is 1.08. The van der Waals surface area contributed by atoms with Gasteiger partial charge in [0.1, 0.15) is 0 Å². The van der Waals surface area contributed by atoms with E-state index < -0.39 is 4.30 Å². The predicted molar refractivity (Wildman–Crippen MR) is 47.9 cm³/mol. The average molecular weight is 208 g/mol. The lowest BCUT2D eigenvalue weighted by atomic mass is 10.1. The van der Waals surface area contributed by atoms with Crippen molar-refractivity contribution < 1.29 is 5.11 Å². The Morgan fingerprint density at radius 2 is 1.60 bits per heavy atom. The molecule has 1 N–H and O–H groups in total. The lowest BCUT2D eigenvalue weighted by molar-refractivity contribution is 0.234. The van der Waals surface area contributed by atoms with Crippen molar-refractivity contribution >= 4 is 34.8 Å². The molecule has 0 aliphatic rings. The fourth-order valence-electron chi connectivity index (χ4n) is 0.129. The molecule has 0 spiro atoms. The number of hydrogen-bond acceptors (Lipinski definition) is 1. The Hall–Kier alpha value is 0.830. The van der Waals surface area contributed by atoms with Crippen molar-refractivity contribution in [1.82, 2.24) is 0 Å². The van der Waals surface area contributed by atoms with E-state index in [1.54, 1.807) is 0 Å². The van der Waals surface area contributed by atoms with Crippen LogP contribution in [-0.4, -0.2) is 16.0 Å². The molecule has 1 unspecified atom stereocenters. The minimum Gasteiger partial charge on any atom is -0.396 e. The third-order valence-electron chi connectivity index (χ3n) is 1.01. The zero-order chi connectivity index (χ0) is 8.57. The average Bonchev–Trinajstić information content (AvgIpc) is 1.85. The van der Waals surface area contributed by atoms with Gasteiger partial charge in [0.15, 0.2) is 4.30 Å². The van der Waals surface area contributed by atoms with Crippen molar-refractivity contribution in [2.75, 3.05) is 6.61 Å². The first kappa shape index (κ1) is 13.4. The van der Waals surface area contributed by atoms with Gasteiger partial charge in [-0.05, 0) is 5.92 Å². The van der Waals surface area contributed by atoms with Crippen molar-refractivity contribution in [1.29, 1.82) is 0 Å². The monoisotopic (exact) mass is 206 g/mol. The maximum atomic E-state index is 8.33. The maximum Gasteiger partial charge on any atom is 0.180 e. The fraction of sp³-hybridized carbons (Fsp3) is 1.00. The third-order valence-corrected chi connectivity index (χ3v) is 1.01. The quantitative estimate of drug-likeness (QED) is 0.690. The summed E-state index contributed by atoms with van der Waals surface area (Å²) < 4.78 is -0.750. The van der Waals surface area contributed by atoms with Crippen LogP contribution in [0.3, 0.4) is 0 Å². The van der Waals surface area contributed by atoms with E-state index in [1.165, 1.54) is 0 Å². The third kappa shape index (κ3) is 23.2. The number of rotatable bonds is 2. The lowest BCUT2D eigenvalue weighted by Crippen LogP contribution is -1.96. The van der Waals surface area contributed by atoms with Gasteiger partial charge >= 0.3 is 0 Å². The van der Waals surface area contributed by atoms with Crippen LogP contribution in [0, 0.1) is 5.92 Å². The molecule has 0 aromatic heterocycles. The van der Waals surface area contributed by atoms with Crippen molar-refractivity contribution in [2.45, 2.75) is 24.6 Å². The first-order valence-corrected chi connectivity index (χ1v) is 4.38. The Bertz CT molecular complexity index is 52.2. The molecule has 10 heavy (non-hydrogen) atoms. The van der Waals surface area contributed by atoms with Gasteiger partial charge in [-0.2, -0.15) is 0 Å². The van der Waals surface area contributed by atoms with Gasteiger partial charge in [0.2, 0.25) is 0 Å². The molecule has 0 saturated heterocycles. The topological polar surface area (TPSA) is 20.2 Å². The van der Waals surface area contributed by atoms with E-state index in [0.29, 0.717) is 12.5 Å². The number of aliphatic hydroxyl groups excluding tert-OH is 1. The van der Waals surface area contributed by atoms with Gasteiger partial charge in [0.25, 0.3) is 0 Å². The Kier molecular flexibility index (Phi) is 13.2. The molecule has 1 nitrogen and oxygen atoms in total. The van der Waals surface area contributed by atoms with Gasteiger partial charge in [-0.3, -0.25) is 0 Å². The Morgan fingerprint density at radius 3 is 1.60 bits per heavy atom. The van der Waals surface area contributed by atoms with E-state index in [-0.39, 0.29) is 0 Å². The van der Waals surface area contributed by atoms with E-state index in [1.807, 2.05) is 6.92 Å². The molecule has 0 fully saturated rings. The Morgan fingerprint density at radius 1 is 1.30 bits per heavy atom. The molecular weight excluding hydrogens is 194 g/mol. The summed E-state index contributed by atoms with van der Waals surface area (Å²) in [6.45, 7) is 4.43. The second-order valence-electron chi connectivity index (χ2n) is 1.94. The molecule has 0 rings (SSSR count). The highest BCUT2D eigenvalue weighted by Crippen LogP contribution is 2.03. The summed E-state index contributed by atoms with van der Waals surface area (Å²) >= 11 is 14.4. The van der Waals surface area contributed by atoms with Crippen molar-refractivity contribution in [2.24, 2.45) is 5.92 Å². The molecule has 4 heteroatoms. The highest BCUT2D eigenvalue weighted by molar-refractivity contribution is 6.63. The van der Waals surface area contributed by atoms with E-state index >= 15 is 0 Å². The van der Waals surface area contributed by atoms with Crippen LogP contribution in [-0.2, 0) is 0 Å². The molecular formula is C6H13Cl3O. The number of halogens is 3. The van der Waals surface area contributed by atoms with Crippen LogP contribution in [0.4, 0.5) is 0 Å². The minimum absolute atomic E-state index is 0.330. The van der Waals surface area contributed by atoms with Crippen molar-refractivity contribution in [3.05, 3.63) is 0 Å². The van der Waals surface area contributed by atoms with Crippen molar-refractivity contribution in [3.63, 3.8) is 0 Å². The summed E-state index contributed by atoms with van der Waals surface area (Å²) in [5.74, 6) is 0.491. The normalized spacial score (nSPS) is 12.3. The molecule has 64 valence electrons. The van der Waals surface area contributed by atoms with Crippen LogP contribution in [0.2, 0.25) is 0 Å². The summed E-state index contributed by atoms with van der Waals surface area (Å²) in [7, 11) is 0. The SMILES string of the molecule is CCC(C)CO.ClC(Cl)Cl. The smallest absolute Gasteiger partial charge is 0.180 e. The Labute approximate surface area is 77.3 Å². The second kappa shape index (κ2) is 9.83. The number of hydrogen-bond donors (Lipinski definition) is 1. The van der Waals surface area contributed by atoms with E-state index in [0.717, 1.165) is 6.42 Å². The van der Waals surface area contributed by atoms with Gasteiger partial charge in [0, 0.05) is 6.61 Å². The second-order valence-corrected chi connectivity index (χ2v) is 3.92. The molecule has 0 radical (unpaired) electrons. The minimum atomic E-state index is -0.750. The Balaban J connectivity index is 0. The van der Waals surface area contributed by atoms with E-state index in [9.17, 15) is 0 Å². The van der Waals surface area contributed by atoms with Crippen LogP contribution in [0.5, 0.6) is 0 Å². The van der Waals surface area contributed by atoms with Crippen molar-refractivity contribution in [3.8, 4) is 0 Å². The molecule has 0 amide bonds. The fourth-order valence-corrected chi connectivity index (χ4v) is 0.129. The summed E-state index contributed by atoms with van der Waals surface area (Å²) in [6, 6.07) is 0. The van der Waals surface area contributed by atoms with Gasteiger partial charge in [0.05, 0.1) is 0 Å². The molecule has 0 heterocycles. The molecule has 0 aromatic carbocycles. The zero-order valence-electron chi connectivity index (χ0n) is 6.15. The number of aliphatic hydroxyl groups is 1. The molecule has 0 bridgehead atoms. The van der Waals surface area contributed by atoms with E-state index in [4.69, 9.17) is 39.9 Å². The highest BCUT2D eigenvalue weighted by atomic mass is 35.6. The zero-order valence-corrected chi connectivity index (χ0v) is 8.42. The highest BCUT2D eigenvalue weighted by Gasteiger charge is 1.90. The maximum absolute atomic E-state index is 8.33. The van der Waals surface area contributed by atoms with Gasteiger partial charge in [-0.25, -0.2) is 0 Å². The molecule has 0 aliphatic heterocycles. The van der Waals surface area contributed by atoms with Gasteiger partial charge in [-0.15, -0.1) is 0 Å². The summed E-state index contributed by atoms with van der Waals surface area (Å²) in [4.78, 5) is 0. The molecule has 0 saturated carbocycles. The largest absolute Gasteiger partial charge is 0.396 e. The molecule has 0 aromatic rings.